The van der Waals surface area contributed by atoms with E-state index in [1.807, 2.05) is 65.0 Å². The molecule has 172 valence electrons. The highest BCUT2D eigenvalue weighted by Crippen LogP contribution is 2.43. The average Bonchev–Trinajstić information content (AvgIpc) is 3.20. The van der Waals surface area contributed by atoms with Crippen LogP contribution < -0.4 is 4.90 Å². The van der Waals surface area contributed by atoms with E-state index < -0.39 is 23.1 Å². The van der Waals surface area contributed by atoms with Crippen molar-refractivity contribution in [1.82, 2.24) is 4.57 Å². The van der Waals surface area contributed by atoms with Gasteiger partial charge in [-0.1, -0.05) is 24.3 Å². The maximum absolute atomic E-state index is 13.4. The number of methoxy groups -OCH3 is 1. The first-order chi connectivity index (χ1) is 15.4. The second-order valence-corrected chi connectivity index (χ2v) is 9.75. The summed E-state index contributed by atoms with van der Waals surface area (Å²) in [5.74, 6) is -0.585. The molecule has 2 aromatic carbocycles. The van der Waals surface area contributed by atoms with Crippen LogP contribution >= 0.6 is 0 Å². The third-order valence-corrected chi connectivity index (χ3v) is 5.85. The third-order valence-electron chi connectivity index (χ3n) is 5.85. The fourth-order valence-electron chi connectivity index (χ4n) is 4.26. The number of fused-ring (bicyclic) bond motifs is 2. The SMILES string of the molecule is COC(=O)c1ccc2c(c1)N(Cc1cc3ccccc3n1C(=O)OC(C)(C)C)C(=O)C2(C)C. The van der Waals surface area contributed by atoms with Gasteiger partial charge in [0.05, 0.1) is 35.8 Å². The van der Waals surface area contributed by atoms with Gasteiger partial charge in [-0.25, -0.2) is 14.2 Å². The molecule has 2 heterocycles. The van der Waals surface area contributed by atoms with E-state index in [2.05, 4.69) is 0 Å². The second kappa shape index (κ2) is 7.76. The smallest absolute Gasteiger partial charge is 0.419 e. The molecule has 1 aliphatic rings. The molecule has 0 saturated carbocycles. The minimum atomic E-state index is -0.771. The first kappa shape index (κ1) is 22.6. The van der Waals surface area contributed by atoms with Crippen molar-refractivity contribution in [3.05, 3.63) is 65.4 Å². The molecule has 0 bridgehead atoms. The van der Waals surface area contributed by atoms with Crippen LogP contribution in [0.25, 0.3) is 10.9 Å². The van der Waals surface area contributed by atoms with Crippen molar-refractivity contribution < 1.29 is 23.9 Å². The average molecular weight is 449 g/mol. The van der Waals surface area contributed by atoms with Crippen molar-refractivity contribution in [3.8, 4) is 0 Å². The van der Waals surface area contributed by atoms with Crippen molar-refractivity contribution in [1.29, 1.82) is 0 Å². The lowest BCUT2D eigenvalue weighted by Crippen LogP contribution is -2.37. The van der Waals surface area contributed by atoms with Gasteiger partial charge in [-0.05, 0) is 64.4 Å². The molecular formula is C26H28N2O5. The molecule has 1 aliphatic heterocycles. The molecular weight excluding hydrogens is 420 g/mol. The Balaban J connectivity index is 1.82. The third kappa shape index (κ3) is 3.88. The van der Waals surface area contributed by atoms with Gasteiger partial charge in [0.2, 0.25) is 5.91 Å². The highest BCUT2D eigenvalue weighted by atomic mass is 16.6. The molecule has 0 aliphatic carbocycles. The predicted molar refractivity (Wildman–Crippen MR) is 126 cm³/mol. The van der Waals surface area contributed by atoms with E-state index in [0.717, 1.165) is 10.9 Å². The van der Waals surface area contributed by atoms with Gasteiger partial charge in [-0.2, -0.15) is 0 Å². The molecule has 0 unspecified atom stereocenters. The van der Waals surface area contributed by atoms with Gasteiger partial charge in [0.15, 0.2) is 0 Å². The van der Waals surface area contributed by atoms with Crippen molar-refractivity contribution in [2.45, 2.75) is 52.2 Å². The molecule has 0 saturated heterocycles. The molecule has 0 fully saturated rings. The lowest BCUT2D eigenvalue weighted by atomic mass is 9.86. The van der Waals surface area contributed by atoms with Gasteiger partial charge in [-0.15, -0.1) is 0 Å². The molecule has 7 nitrogen and oxygen atoms in total. The Bertz CT molecular complexity index is 1280. The van der Waals surface area contributed by atoms with Gasteiger partial charge in [0, 0.05) is 11.1 Å². The van der Waals surface area contributed by atoms with Crippen LogP contribution in [0, 0.1) is 0 Å². The fourth-order valence-corrected chi connectivity index (χ4v) is 4.26. The number of para-hydroxylation sites is 1. The van der Waals surface area contributed by atoms with Crippen LogP contribution in [0.4, 0.5) is 10.5 Å². The minimum Gasteiger partial charge on any atom is -0.465 e. The number of hydrogen-bond donors (Lipinski definition) is 0. The lowest BCUT2D eigenvalue weighted by Gasteiger charge is -2.23. The van der Waals surface area contributed by atoms with E-state index in [-0.39, 0.29) is 12.5 Å². The molecule has 0 spiro atoms. The Morgan fingerprint density at radius 3 is 2.39 bits per heavy atom. The fraction of sp³-hybridized carbons (Fsp3) is 0.346. The Hall–Kier alpha value is -3.61. The van der Waals surface area contributed by atoms with Gasteiger partial charge in [0.1, 0.15) is 5.60 Å². The van der Waals surface area contributed by atoms with Crippen LogP contribution in [0.15, 0.2) is 48.5 Å². The van der Waals surface area contributed by atoms with Crippen LogP contribution in [-0.2, 0) is 26.2 Å². The molecule has 0 radical (unpaired) electrons. The van der Waals surface area contributed by atoms with Gasteiger partial charge in [-0.3, -0.25) is 4.79 Å². The Morgan fingerprint density at radius 1 is 1.03 bits per heavy atom. The molecule has 4 rings (SSSR count). The second-order valence-electron chi connectivity index (χ2n) is 9.75. The van der Waals surface area contributed by atoms with E-state index >= 15 is 0 Å². The van der Waals surface area contributed by atoms with E-state index in [4.69, 9.17) is 9.47 Å². The molecule has 3 aromatic rings. The summed E-state index contributed by atoms with van der Waals surface area (Å²) in [6, 6.07) is 14.5. The van der Waals surface area contributed by atoms with E-state index in [1.165, 1.54) is 11.7 Å². The largest absolute Gasteiger partial charge is 0.465 e. The number of amides is 1. The molecule has 1 aromatic heterocycles. The van der Waals surface area contributed by atoms with Crippen LogP contribution in [-0.4, -0.2) is 35.2 Å². The molecule has 7 heteroatoms. The predicted octanol–water partition coefficient (Wildman–Crippen LogP) is 5.04. The van der Waals surface area contributed by atoms with Gasteiger partial charge in [0.25, 0.3) is 0 Å². The Labute approximate surface area is 192 Å². The number of carbonyl (C=O) groups is 3. The van der Waals surface area contributed by atoms with E-state index in [9.17, 15) is 14.4 Å². The summed E-state index contributed by atoms with van der Waals surface area (Å²) in [6.45, 7) is 9.30. The van der Waals surface area contributed by atoms with Crippen LogP contribution in [0.5, 0.6) is 0 Å². The van der Waals surface area contributed by atoms with Crippen molar-refractivity contribution in [2.75, 3.05) is 12.0 Å². The van der Waals surface area contributed by atoms with Crippen molar-refractivity contribution in [3.63, 3.8) is 0 Å². The standard InChI is InChI=1S/C26H28N2O5/c1-25(2,3)33-24(31)28-18(13-16-9-7-8-10-20(16)28)15-27-21-14-17(22(29)32-6)11-12-19(21)26(4,5)23(27)30/h7-14H,15H2,1-6H3. The Morgan fingerprint density at radius 2 is 1.73 bits per heavy atom. The number of ether oxygens (including phenoxy) is 2. The first-order valence-corrected chi connectivity index (χ1v) is 10.8. The van der Waals surface area contributed by atoms with E-state index in [0.29, 0.717) is 22.5 Å². The topological polar surface area (TPSA) is 77.8 Å². The Kier molecular flexibility index (Phi) is 5.31. The number of carbonyl (C=O) groups excluding carboxylic acids is 3. The zero-order valence-corrected chi connectivity index (χ0v) is 19.8. The zero-order chi connectivity index (χ0) is 24.1. The number of esters is 1. The minimum absolute atomic E-state index is 0.111. The number of nitrogens with zero attached hydrogens (tertiary/aromatic N) is 2. The summed E-state index contributed by atoms with van der Waals surface area (Å²) in [5.41, 5.74) is 1.69. The van der Waals surface area contributed by atoms with Crippen molar-refractivity contribution >= 4 is 34.6 Å². The monoisotopic (exact) mass is 448 g/mol. The maximum Gasteiger partial charge on any atom is 0.419 e. The normalized spacial score (nSPS) is 15.0. The van der Waals surface area contributed by atoms with Crippen LogP contribution in [0.3, 0.4) is 0 Å². The van der Waals surface area contributed by atoms with Crippen molar-refractivity contribution in [2.24, 2.45) is 0 Å². The number of rotatable bonds is 3. The number of aromatic nitrogens is 1. The number of anilines is 1. The summed E-state index contributed by atoms with van der Waals surface area (Å²) in [5, 5.41) is 0.868. The summed E-state index contributed by atoms with van der Waals surface area (Å²) in [4.78, 5) is 40.3. The van der Waals surface area contributed by atoms with Gasteiger partial charge < -0.3 is 14.4 Å². The van der Waals surface area contributed by atoms with E-state index in [1.54, 1.807) is 23.1 Å². The number of hydrogen-bond acceptors (Lipinski definition) is 5. The first-order valence-electron chi connectivity index (χ1n) is 10.8. The summed E-state index contributed by atoms with van der Waals surface area (Å²) in [6.07, 6.45) is -0.506. The molecule has 1 amide bonds. The zero-order valence-electron chi connectivity index (χ0n) is 19.8. The van der Waals surface area contributed by atoms with Gasteiger partial charge >= 0.3 is 12.1 Å². The lowest BCUT2D eigenvalue weighted by molar-refractivity contribution is -0.122. The summed E-state index contributed by atoms with van der Waals surface area (Å²) in [7, 11) is 1.32. The molecule has 33 heavy (non-hydrogen) atoms. The summed E-state index contributed by atoms with van der Waals surface area (Å²) < 4.78 is 12.0. The van der Waals surface area contributed by atoms with Crippen LogP contribution in [0.2, 0.25) is 0 Å². The quantitative estimate of drug-likeness (QED) is 0.525. The molecule has 0 atom stereocenters. The highest BCUT2D eigenvalue weighted by Gasteiger charge is 2.44. The summed E-state index contributed by atoms with van der Waals surface area (Å²) >= 11 is 0. The van der Waals surface area contributed by atoms with Crippen LogP contribution in [0.1, 0.15) is 56.2 Å². The maximum atomic E-state index is 13.4. The highest BCUT2D eigenvalue weighted by molar-refractivity contribution is 6.08. The number of benzene rings is 2. The molecule has 0 N–H and O–H groups in total.